The van der Waals surface area contributed by atoms with E-state index in [1.54, 1.807) is 0 Å². The molecule has 0 spiro atoms. The first-order valence-corrected chi connectivity index (χ1v) is 6.66. The molecule has 0 bridgehead atoms. The number of aromatic nitrogens is 2. The second-order valence-corrected chi connectivity index (χ2v) is 4.93. The molecule has 2 rings (SSSR count). The standard InChI is InChI=1S/C13H22N4O/c1-3-4-13(18)17-7-5-16(6-8-17)11-12-9-14-15(2)10-12/h9-10H,3-8,11H2,1-2H3. The predicted molar refractivity (Wildman–Crippen MR) is 70.0 cm³/mol. The summed E-state index contributed by atoms with van der Waals surface area (Å²) >= 11 is 0. The second-order valence-electron chi connectivity index (χ2n) is 4.93. The predicted octanol–water partition coefficient (Wildman–Crippen LogP) is 0.864. The van der Waals surface area contributed by atoms with E-state index in [4.69, 9.17) is 0 Å². The Balaban J connectivity index is 1.78. The molecule has 5 heteroatoms. The lowest BCUT2D eigenvalue weighted by Gasteiger charge is -2.34. The van der Waals surface area contributed by atoms with Gasteiger partial charge in [-0.1, -0.05) is 6.92 Å². The first kappa shape index (κ1) is 13.1. The maximum absolute atomic E-state index is 11.8. The van der Waals surface area contributed by atoms with Crippen molar-refractivity contribution in [3.05, 3.63) is 18.0 Å². The van der Waals surface area contributed by atoms with Crippen LogP contribution in [0.15, 0.2) is 12.4 Å². The Morgan fingerprint density at radius 2 is 2.06 bits per heavy atom. The van der Waals surface area contributed by atoms with Gasteiger partial charge in [-0.15, -0.1) is 0 Å². The van der Waals surface area contributed by atoms with E-state index in [1.165, 1.54) is 5.56 Å². The van der Waals surface area contributed by atoms with Gasteiger partial charge in [0, 0.05) is 58.0 Å². The number of hydrogen-bond acceptors (Lipinski definition) is 3. The van der Waals surface area contributed by atoms with Crippen LogP contribution in [0.4, 0.5) is 0 Å². The van der Waals surface area contributed by atoms with Crippen LogP contribution in [0.2, 0.25) is 0 Å². The van der Waals surface area contributed by atoms with Crippen LogP contribution in [-0.4, -0.2) is 51.7 Å². The van der Waals surface area contributed by atoms with Crippen molar-refractivity contribution in [1.82, 2.24) is 19.6 Å². The molecule has 0 aromatic carbocycles. The summed E-state index contributed by atoms with van der Waals surface area (Å²) in [6.45, 7) is 6.63. The minimum Gasteiger partial charge on any atom is -0.340 e. The fraction of sp³-hybridized carbons (Fsp3) is 0.692. The molecular formula is C13H22N4O. The molecular weight excluding hydrogens is 228 g/mol. The van der Waals surface area contributed by atoms with Gasteiger partial charge in [-0.25, -0.2) is 0 Å². The van der Waals surface area contributed by atoms with Gasteiger partial charge in [0.05, 0.1) is 6.20 Å². The molecule has 1 fully saturated rings. The van der Waals surface area contributed by atoms with Crippen LogP contribution in [0.25, 0.3) is 0 Å². The lowest BCUT2D eigenvalue weighted by molar-refractivity contribution is -0.133. The van der Waals surface area contributed by atoms with Crippen molar-refractivity contribution in [2.75, 3.05) is 26.2 Å². The molecule has 0 unspecified atom stereocenters. The Morgan fingerprint density at radius 3 is 2.61 bits per heavy atom. The third-order valence-electron chi connectivity index (χ3n) is 3.35. The highest BCUT2D eigenvalue weighted by atomic mass is 16.2. The maximum atomic E-state index is 11.8. The molecule has 5 nitrogen and oxygen atoms in total. The number of carbonyl (C=O) groups is 1. The van der Waals surface area contributed by atoms with E-state index in [1.807, 2.05) is 22.8 Å². The molecule has 1 aliphatic heterocycles. The van der Waals surface area contributed by atoms with Crippen LogP contribution in [0.1, 0.15) is 25.3 Å². The Kier molecular flexibility index (Phi) is 4.36. The smallest absolute Gasteiger partial charge is 0.222 e. The molecule has 0 N–H and O–H groups in total. The van der Waals surface area contributed by atoms with E-state index >= 15 is 0 Å². The topological polar surface area (TPSA) is 41.4 Å². The molecule has 1 aromatic heterocycles. The average molecular weight is 250 g/mol. The summed E-state index contributed by atoms with van der Waals surface area (Å²) in [6, 6.07) is 0. The van der Waals surface area contributed by atoms with E-state index in [2.05, 4.69) is 23.1 Å². The molecule has 18 heavy (non-hydrogen) atoms. The minimum atomic E-state index is 0.304. The molecule has 0 atom stereocenters. The largest absolute Gasteiger partial charge is 0.340 e. The number of rotatable bonds is 4. The van der Waals surface area contributed by atoms with E-state index in [0.717, 1.165) is 39.1 Å². The lowest BCUT2D eigenvalue weighted by atomic mass is 10.2. The minimum absolute atomic E-state index is 0.304. The normalized spacial score (nSPS) is 17.1. The van der Waals surface area contributed by atoms with Crippen molar-refractivity contribution < 1.29 is 4.79 Å². The van der Waals surface area contributed by atoms with Crippen LogP contribution < -0.4 is 0 Å². The third-order valence-corrected chi connectivity index (χ3v) is 3.35. The molecule has 1 aromatic rings. The monoisotopic (exact) mass is 250 g/mol. The van der Waals surface area contributed by atoms with Crippen molar-refractivity contribution >= 4 is 5.91 Å². The Bertz CT molecular complexity index is 393. The lowest BCUT2D eigenvalue weighted by Crippen LogP contribution is -2.48. The van der Waals surface area contributed by atoms with Crippen LogP contribution in [0, 0.1) is 0 Å². The average Bonchev–Trinajstić information content (AvgIpc) is 2.76. The van der Waals surface area contributed by atoms with Crippen LogP contribution in [-0.2, 0) is 18.4 Å². The zero-order chi connectivity index (χ0) is 13.0. The van der Waals surface area contributed by atoms with Gasteiger partial charge in [0.25, 0.3) is 0 Å². The van der Waals surface area contributed by atoms with Crippen molar-refractivity contribution in [2.24, 2.45) is 7.05 Å². The summed E-state index contributed by atoms with van der Waals surface area (Å²) in [5.74, 6) is 0.304. The molecule has 0 radical (unpaired) electrons. The first-order chi connectivity index (χ1) is 8.69. The van der Waals surface area contributed by atoms with Gasteiger partial charge < -0.3 is 4.90 Å². The highest BCUT2D eigenvalue weighted by Gasteiger charge is 2.20. The zero-order valence-corrected chi connectivity index (χ0v) is 11.3. The number of aryl methyl sites for hydroxylation is 1. The van der Waals surface area contributed by atoms with E-state index in [9.17, 15) is 4.79 Å². The SMILES string of the molecule is CCCC(=O)N1CCN(Cc2cnn(C)c2)CC1. The molecule has 1 saturated heterocycles. The Hall–Kier alpha value is -1.36. The van der Waals surface area contributed by atoms with Gasteiger partial charge in [-0.2, -0.15) is 5.10 Å². The number of piperazine rings is 1. The number of nitrogens with zero attached hydrogens (tertiary/aromatic N) is 4. The highest BCUT2D eigenvalue weighted by Crippen LogP contribution is 2.09. The van der Waals surface area contributed by atoms with Gasteiger partial charge in [0.1, 0.15) is 0 Å². The molecule has 0 saturated carbocycles. The van der Waals surface area contributed by atoms with Crippen molar-refractivity contribution in [3.63, 3.8) is 0 Å². The van der Waals surface area contributed by atoms with Gasteiger partial charge >= 0.3 is 0 Å². The Labute approximate surface area is 108 Å². The zero-order valence-electron chi connectivity index (χ0n) is 11.3. The summed E-state index contributed by atoms with van der Waals surface area (Å²) in [6.07, 6.45) is 5.58. The fourth-order valence-corrected chi connectivity index (χ4v) is 2.34. The summed E-state index contributed by atoms with van der Waals surface area (Å²) in [4.78, 5) is 16.1. The van der Waals surface area contributed by atoms with Crippen molar-refractivity contribution in [1.29, 1.82) is 0 Å². The summed E-state index contributed by atoms with van der Waals surface area (Å²) < 4.78 is 1.83. The fourth-order valence-electron chi connectivity index (χ4n) is 2.34. The molecule has 0 aliphatic carbocycles. The summed E-state index contributed by atoms with van der Waals surface area (Å²) in [5.41, 5.74) is 1.24. The first-order valence-electron chi connectivity index (χ1n) is 6.66. The maximum Gasteiger partial charge on any atom is 0.222 e. The van der Waals surface area contributed by atoms with E-state index in [-0.39, 0.29) is 0 Å². The molecule has 1 aliphatic rings. The van der Waals surface area contributed by atoms with E-state index in [0.29, 0.717) is 12.3 Å². The van der Waals surface area contributed by atoms with Crippen molar-refractivity contribution in [3.8, 4) is 0 Å². The van der Waals surface area contributed by atoms with Crippen molar-refractivity contribution in [2.45, 2.75) is 26.3 Å². The van der Waals surface area contributed by atoms with E-state index < -0.39 is 0 Å². The number of hydrogen-bond donors (Lipinski definition) is 0. The van der Waals surface area contributed by atoms with Crippen LogP contribution in [0.3, 0.4) is 0 Å². The Morgan fingerprint density at radius 1 is 1.33 bits per heavy atom. The summed E-state index contributed by atoms with van der Waals surface area (Å²) in [7, 11) is 1.94. The van der Waals surface area contributed by atoms with Crippen LogP contribution >= 0.6 is 0 Å². The summed E-state index contributed by atoms with van der Waals surface area (Å²) in [5, 5.41) is 4.18. The molecule has 1 amide bonds. The van der Waals surface area contributed by atoms with Crippen LogP contribution in [0.5, 0.6) is 0 Å². The quantitative estimate of drug-likeness (QED) is 0.796. The molecule has 100 valence electrons. The third kappa shape index (κ3) is 3.32. The van der Waals surface area contributed by atoms with Gasteiger partial charge in [-0.05, 0) is 6.42 Å². The number of carbonyl (C=O) groups excluding carboxylic acids is 1. The van der Waals surface area contributed by atoms with Gasteiger partial charge in [0.2, 0.25) is 5.91 Å². The number of amides is 1. The highest BCUT2D eigenvalue weighted by molar-refractivity contribution is 5.76. The van der Waals surface area contributed by atoms with Gasteiger partial charge in [0.15, 0.2) is 0 Å². The van der Waals surface area contributed by atoms with Gasteiger partial charge in [-0.3, -0.25) is 14.4 Å². The second kappa shape index (κ2) is 6.00. The molecule has 2 heterocycles.